The summed E-state index contributed by atoms with van der Waals surface area (Å²) in [6, 6.07) is 7.80. The summed E-state index contributed by atoms with van der Waals surface area (Å²) in [7, 11) is 0. The number of esters is 1. The number of para-hydroxylation sites is 1. The van der Waals surface area contributed by atoms with Crippen LogP contribution in [0.1, 0.15) is 49.7 Å². The molecular formula is C30H30F3N5O4. The van der Waals surface area contributed by atoms with Crippen molar-refractivity contribution in [1.29, 1.82) is 0 Å². The van der Waals surface area contributed by atoms with E-state index in [4.69, 9.17) is 14.2 Å². The summed E-state index contributed by atoms with van der Waals surface area (Å²) in [5, 5.41) is 0. The van der Waals surface area contributed by atoms with Crippen molar-refractivity contribution in [3.8, 4) is 16.9 Å². The van der Waals surface area contributed by atoms with Gasteiger partial charge in [0.15, 0.2) is 0 Å². The molecule has 0 spiro atoms. The van der Waals surface area contributed by atoms with Crippen LogP contribution in [0.25, 0.3) is 16.8 Å². The lowest BCUT2D eigenvalue weighted by Crippen LogP contribution is -2.44. The molecule has 12 heteroatoms. The number of carbonyl (C=O) groups is 1. The molecule has 1 aromatic carbocycles. The van der Waals surface area contributed by atoms with Gasteiger partial charge in [-0.2, -0.15) is 8.78 Å². The van der Waals surface area contributed by atoms with Gasteiger partial charge in [0.2, 0.25) is 5.95 Å². The van der Waals surface area contributed by atoms with Crippen molar-refractivity contribution < 1.29 is 32.2 Å². The van der Waals surface area contributed by atoms with Crippen LogP contribution in [0.3, 0.4) is 0 Å². The number of imidazole rings is 1. The van der Waals surface area contributed by atoms with Crippen molar-refractivity contribution in [3.05, 3.63) is 71.7 Å². The summed E-state index contributed by atoms with van der Waals surface area (Å²) in [5.41, 5.74) is 2.30. The van der Waals surface area contributed by atoms with Gasteiger partial charge in [-0.3, -0.25) is 9.20 Å². The molecule has 0 N–H and O–H groups in total. The van der Waals surface area contributed by atoms with E-state index in [1.807, 2.05) is 11.8 Å². The van der Waals surface area contributed by atoms with E-state index in [0.29, 0.717) is 79.7 Å². The highest BCUT2D eigenvalue weighted by molar-refractivity contribution is 5.76. The van der Waals surface area contributed by atoms with E-state index in [1.165, 1.54) is 12.1 Å². The second-order valence-electron chi connectivity index (χ2n) is 10.7. The highest BCUT2D eigenvalue weighted by atomic mass is 19.3. The van der Waals surface area contributed by atoms with Crippen molar-refractivity contribution in [2.45, 2.75) is 45.8 Å². The van der Waals surface area contributed by atoms with Crippen LogP contribution in [0, 0.1) is 11.2 Å². The monoisotopic (exact) mass is 581 g/mol. The number of hydrogen-bond acceptors (Lipinski definition) is 8. The van der Waals surface area contributed by atoms with E-state index in [2.05, 4.69) is 15.0 Å². The molecule has 9 nitrogen and oxygen atoms in total. The normalized spacial score (nSPS) is 18.2. The van der Waals surface area contributed by atoms with Gasteiger partial charge in [0.25, 0.3) is 0 Å². The number of pyridine rings is 1. The summed E-state index contributed by atoms with van der Waals surface area (Å²) < 4.78 is 59.4. The van der Waals surface area contributed by atoms with E-state index in [-0.39, 0.29) is 17.3 Å². The lowest BCUT2D eigenvalue weighted by atomic mass is 9.80. The van der Waals surface area contributed by atoms with E-state index in [1.54, 1.807) is 48.1 Å². The number of nitrogens with zero attached hydrogens (tertiary/aromatic N) is 5. The van der Waals surface area contributed by atoms with Gasteiger partial charge in [0, 0.05) is 60.9 Å². The van der Waals surface area contributed by atoms with Crippen molar-refractivity contribution >= 4 is 17.6 Å². The van der Waals surface area contributed by atoms with Crippen LogP contribution in [0.2, 0.25) is 0 Å². The molecule has 2 aliphatic heterocycles. The summed E-state index contributed by atoms with van der Waals surface area (Å²) >= 11 is 0. The minimum Gasteiger partial charge on any atom is -0.466 e. The zero-order valence-electron chi connectivity index (χ0n) is 23.2. The molecule has 0 radical (unpaired) electrons. The number of carbonyl (C=O) groups excluding carboxylic acids is 1. The maximum atomic E-state index is 15.4. The van der Waals surface area contributed by atoms with Crippen molar-refractivity contribution in [3.63, 3.8) is 0 Å². The van der Waals surface area contributed by atoms with Crippen LogP contribution in [-0.2, 0) is 20.7 Å². The maximum Gasteiger partial charge on any atom is 0.387 e. The molecule has 220 valence electrons. The molecule has 0 amide bonds. The summed E-state index contributed by atoms with van der Waals surface area (Å²) in [5.74, 6) is -0.184. The second-order valence-corrected chi connectivity index (χ2v) is 10.7. The molecule has 5 heterocycles. The van der Waals surface area contributed by atoms with Crippen LogP contribution >= 0.6 is 0 Å². The standard InChI is InChI=1S/C30H30F3N5O4/c1-3-40-27(39)30(2)9-11-37(12-10-30)29-34-15-18(16-35-29)20-17-38-24(14-21(20)31)36-22-8-13-41-26(25(22)38)19-6-4-5-7-23(19)42-28(32)33/h4-7,14-17,26,28H,3,8-13H2,1-2H3/t26-/m1/s1. The van der Waals surface area contributed by atoms with E-state index >= 15 is 4.39 Å². The van der Waals surface area contributed by atoms with Gasteiger partial charge >= 0.3 is 12.6 Å². The Morgan fingerprint density at radius 2 is 1.93 bits per heavy atom. The minimum atomic E-state index is -2.99. The predicted molar refractivity (Wildman–Crippen MR) is 147 cm³/mol. The second kappa shape index (κ2) is 11.2. The summed E-state index contributed by atoms with van der Waals surface area (Å²) in [6.45, 7) is 2.58. The third-order valence-corrected chi connectivity index (χ3v) is 7.98. The molecule has 1 atom stereocenters. The van der Waals surface area contributed by atoms with Crippen LogP contribution in [-0.4, -0.2) is 58.2 Å². The molecule has 0 bridgehead atoms. The van der Waals surface area contributed by atoms with Gasteiger partial charge in [0.05, 0.1) is 30.0 Å². The quantitative estimate of drug-likeness (QED) is 0.270. The van der Waals surface area contributed by atoms with E-state index < -0.39 is 23.9 Å². The molecule has 1 fully saturated rings. The van der Waals surface area contributed by atoms with Crippen molar-refractivity contribution in [2.24, 2.45) is 5.41 Å². The van der Waals surface area contributed by atoms with Gasteiger partial charge < -0.3 is 19.1 Å². The molecule has 4 aromatic rings. The number of piperidine rings is 1. The zero-order valence-corrected chi connectivity index (χ0v) is 23.2. The average molecular weight is 582 g/mol. The Hall–Kier alpha value is -4.19. The lowest BCUT2D eigenvalue weighted by molar-refractivity contribution is -0.155. The number of aromatic nitrogens is 4. The van der Waals surface area contributed by atoms with Crippen LogP contribution in [0.15, 0.2) is 48.9 Å². The van der Waals surface area contributed by atoms with Crippen molar-refractivity contribution in [2.75, 3.05) is 31.2 Å². The number of hydrogen-bond donors (Lipinski definition) is 0. The SMILES string of the molecule is CCOC(=O)C1(C)CCN(c2ncc(-c3cn4c5c(nc4cc3F)CCO[C@@H]5c3ccccc3OC(F)F)cn2)CC1. The topological polar surface area (TPSA) is 91.1 Å². The number of benzene rings is 1. The summed E-state index contributed by atoms with van der Waals surface area (Å²) in [4.78, 5) is 28.0. The van der Waals surface area contributed by atoms with Crippen LogP contribution in [0.5, 0.6) is 5.75 Å². The third kappa shape index (κ3) is 5.15. The fourth-order valence-electron chi connectivity index (χ4n) is 5.63. The molecule has 6 rings (SSSR count). The number of alkyl halides is 2. The van der Waals surface area contributed by atoms with Gasteiger partial charge in [-0.25, -0.2) is 19.3 Å². The summed E-state index contributed by atoms with van der Waals surface area (Å²) in [6.07, 6.45) is 5.72. The predicted octanol–water partition coefficient (Wildman–Crippen LogP) is 5.36. The van der Waals surface area contributed by atoms with E-state index in [0.717, 1.165) is 0 Å². The molecule has 0 unspecified atom stereocenters. The molecule has 3 aromatic heterocycles. The van der Waals surface area contributed by atoms with Gasteiger partial charge in [-0.15, -0.1) is 0 Å². The number of anilines is 1. The Bertz CT molecular complexity index is 1600. The van der Waals surface area contributed by atoms with Crippen LogP contribution < -0.4 is 9.64 Å². The minimum absolute atomic E-state index is 0.00640. The first kappa shape index (κ1) is 28.0. The Morgan fingerprint density at radius 1 is 1.19 bits per heavy atom. The third-order valence-electron chi connectivity index (χ3n) is 7.98. The van der Waals surface area contributed by atoms with Gasteiger partial charge in [-0.05, 0) is 32.8 Å². The fourth-order valence-corrected chi connectivity index (χ4v) is 5.63. The maximum absolute atomic E-state index is 15.4. The van der Waals surface area contributed by atoms with E-state index in [9.17, 15) is 13.6 Å². The Labute approximate surface area is 240 Å². The average Bonchev–Trinajstić information content (AvgIpc) is 3.35. The smallest absolute Gasteiger partial charge is 0.387 e. The molecule has 1 saturated heterocycles. The Kier molecular flexibility index (Phi) is 7.48. The first-order chi connectivity index (χ1) is 20.3. The van der Waals surface area contributed by atoms with Gasteiger partial charge in [0.1, 0.15) is 23.3 Å². The Balaban J connectivity index is 1.29. The largest absolute Gasteiger partial charge is 0.466 e. The molecule has 2 aliphatic rings. The molecule has 0 saturated carbocycles. The molecule has 0 aliphatic carbocycles. The highest BCUT2D eigenvalue weighted by Crippen LogP contribution is 2.39. The zero-order chi connectivity index (χ0) is 29.4. The van der Waals surface area contributed by atoms with Crippen LogP contribution in [0.4, 0.5) is 19.1 Å². The van der Waals surface area contributed by atoms with Crippen molar-refractivity contribution in [1.82, 2.24) is 19.4 Å². The number of fused-ring (bicyclic) bond motifs is 3. The fraction of sp³-hybridized carbons (Fsp3) is 0.400. The number of ether oxygens (including phenoxy) is 3. The molecule has 42 heavy (non-hydrogen) atoms. The number of rotatable bonds is 7. The first-order valence-electron chi connectivity index (χ1n) is 13.9. The Morgan fingerprint density at radius 3 is 2.64 bits per heavy atom. The first-order valence-corrected chi connectivity index (χ1v) is 13.9. The lowest BCUT2D eigenvalue weighted by Gasteiger charge is -2.37. The van der Waals surface area contributed by atoms with Gasteiger partial charge in [-0.1, -0.05) is 18.2 Å². The highest BCUT2D eigenvalue weighted by Gasteiger charge is 2.39. The molecular weight excluding hydrogens is 551 g/mol. The number of halogens is 3.